The molecular formula is C18H33N7O2S. The number of piperazine rings is 1. The fourth-order valence-corrected chi connectivity index (χ4v) is 3.57. The number of guanidine groups is 1. The molecule has 2 rings (SSSR count). The van der Waals surface area contributed by atoms with Gasteiger partial charge in [-0.25, -0.2) is 9.98 Å². The van der Waals surface area contributed by atoms with E-state index in [1.807, 2.05) is 19.0 Å². The molecule has 2 N–H and O–H groups in total. The van der Waals surface area contributed by atoms with E-state index in [0.717, 1.165) is 49.5 Å². The second kappa shape index (κ2) is 11.8. The van der Waals surface area contributed by atoms with Gasteiger partial charge in [0, 0.05) is 65.9 Å². The average molecular weight is 412 g/mol. The smallest absolute Gasteiger partial charge is 0.234 e. The molecule has 0 atom stereocenters. The van der Waals surface area contributed by atoms with Gasteiger partial charge in [-0.1, -0.05) is 0 Å². The minimum atomic E-state index is 0.0475. The molecule has 0 aromatic carbocycles. The van der Waals surface area contributed by atoms with Gasteiger partial charge in [0.2, 0.25) is 5.91 Å². The van der Waals surface area contributed by atoms with Gasteiger partial charge in [-0.2, -0.15) is 0 Å². The zero-order valence-electron chi connectivity index (χ0n) is 17.4. The number of thiazole rings is 1. The third kappa shape index (κ3) is 7.25. The largest absolute Gasteiger partial charge is 0.383 e. The first-order valence-electron chi connectivity index (χ1n) is 9.66. The number of anilines is 1. The van der Waals surface area contributed by atoms with Gasteiger partial charge in [0.15, 0.2) is 11.1 Å². The van der Waals surface area contributed by atoms with Gasteiger partial charge in [0.1, 0.15) is 0 Å². The Kier molecular flexibility index (Phi) is 9.45. The van der Waals surface area contributed by atoms with Gasteiger partial charge in [0.25, 0.3) is 0 Å². The maximum Gasteiger partial charge on any atom is 0.234 e. The molecule has 1 aromatic heterocycles. The summed E-state index contributed by atoms with van der Waals surface area (Å²) in [6, 6.07) is 0. The Labute approximate surface area is 171 Å². The van der Waals surface area contributed by atoms with E-state index in [9.17, 15) is 4.79 Å². The van der Waals surface area contributed by atoms with E-state index in [1.54, 1.807) is 18.4 Å². The van der Waals surface area contributed by atoms with Crippen molar-refractivity contribution in [3.05, 3.63) is 11.1 Å². The molecule has 9 nitrogen and oxygen atoms in total. The second-order valence-corrected chi connectivity index (χ2v) is 7.63. The summed E-state index contributed by atoms with van der Waals surface area (Å²) in [5, 5.41) is 9.29. The molecule has 1 aliphatic heterocycles. The average Bonchev–Trinajstić information content (AvgIpc) is 3.15. The highest BCUT2D eigenvalue weighted by Crippen LogP contribution is 2.18. The number of aromatic nitrogens is 1. The predicted molar refractivity (Wildman–Crippen MR) is 114 cm³/mol. The molecule has 10 heteroatoms. The Morgan fingerprint density at radius 1 is 1.32 bits per heavy atom. The Morgan fingerprint density at radius 2 is 2.07 bits per heavy atom. The zero-order valence-corrected chi connectivity index (χ0v) is 18.2. The van der Waals surface area contributed by atoms with Gasteiger partial charge >= 0.3 is 0 Å². The first-order chi connectivity index (χ1) is 13.5. The van der Waals surface area contributed by atoms with E-state index in [0.29, 0.717) is 26.2 Å². The third-order valence-electron chi connectivity index (χ3n) is 4.32. The number of amides is 1. The van der Waals surface area contributed by atoms with Crippen LogP contribution in [0.2, 0.25) is 0 Å². The van der Waals surface area contributed by atoms with Crippen LogP contribution in [0.4, 0.5) is 5.13 Å². The van der Waals surface area contributed by atoms with Crippen LogP contribution in [0.1, 0.15) is 12.6 Å². The topological polar surface area (TPSA) is 85.3 Å². The summed E-state index contributed by atoms with van der Waals surface area (Å²) in [6.07, 6.45) is 0. The molecule has 0 radical (unpaired) electrons. The Morgan fingerprint density at radius 3 is 2.68 bits per heavy atom. The van der Waals surface area contributed by atoms with Gasteiger partial charge < -0.3 is 25.2 Å². The molecule has 0 spiro atoms. The van der Waals surface area contributed by atoms with Crippen LogP contribution in [-0.4, -0.2) is 100 Å². The van der Waals surface area contributed by atoms with Crippen LogP contribution < -0.4 is 15.5 Å². The first-order valence-corrected chi connectivity index (χ1v) is 10.5. The van der Waals surface area contributed by atoms with Crippen molar-refractivity contribution >= 4 is 28.3 Å². The highest BCUT2D eigenvalue weighted by Gasteiger charge is 2.21. The number of methoxy groups -OCH3 is 1. The van der Waals surface area contributed by atoms with Crippen molar-refractivity contribution in [1.82, 2.24) is 25.4 Å². The summed E-state index contributed by atoms with van der Waals surface area (Å²) in [5.41, 5.74) is 0.982. The quantitative estimate of drug-likeness (QED) is 0.338. The molecule has 1 fully saturated rings. The highest BCUT2D eigenvalue weighted by molar-refractivity contribution is 7.13. The normalized spacial score (nSPS) is 15.6. The summed E-state index contributed by atoms with van der Waals surface area (Å²) in [7, 11) is 5.62. The second-order valence-electron chi connectivity index (χ2n) is 6.79. The number of carbonyl (C=O) groups is 1. The number of carbonyl (C=O) groups excluding carboxylic acids is 1. The number of nitrogens with one attached hydrogen (secondary N) is 2. The molecule has 1 aliphatic rings. The Balaban J connectivity index is 1.83. The van der Waals surface area contributed by atoms with Crippen molar-refractivity contribution in [2.75, 3.05) is 78.5 Å². The number of ether oxygens (including phenoxy) is 1. The number of hydrogen-bond donors (Lipinski definition) is 2. The van der Waals surface area contributed by atoms with Crippen LogP contribution in [0.3, 0.4) is 0 Å². The van der Waals surface area contributed by atoms with Crippen LogP contribution in [0, 0.1) is 0 Å². The summed E-state index contributed by atoms with van der Waals surface area (Å²) in [6.45, 7) is 8.34. The molecule has 1 amide bonds. The van der Waals surface area contributed by atoms with Crippen molar-refractivity contribution in [3.63, 3.8) is 0 Å². The number of aliphatic imine (C=N–C) groups is 1. The fraction of sp³-hybridized carbons (Fsp3) is 0.722. The first kappa shape index (κ1) is 22.4. The lowest BCUT2D eigenvalue weighted by molar-refractivity contribution is -0.122. The zero-order chi connectivity index (χ0) is 20.4. The summed E-state index contributed by atoms with van der Waals surface area (Å²) < 4.78 is 4.95. The maximum absolute atomic E-state index is 11.9. The molecule has 0 saturated carbocycles. The lowest BCUT2D eigenvalue weighted by atomic mass is 10.3. The van der Waals surface area contributed by atoms with Crippen molar-refractivity contribution in [2.45, 2.75) is 13.5 Å². The molecular weight excluding hydrogens is 378 g/mol. The molecule has 0 aliphatic carbocycles. The van der Waals surface area contributed by atoms with Gasteiger partial charge in [-0.3, -0.25) is 9.69 Å². The molecule has 158 valence electrons. The summed E-state index contributed by atoms with van der Waals surface area (Å²) in [4.78, 5) is 27.7. The molecule has 2 heterocycles. The van der Waals surface area contributed by atoms with Crippen LogP contribution in [-0.2, 0) is 16.1 Å². The van der Waals surface area contributed by atoms with Crippen LogP contribution in [0.15, 0.2) is 10.4 Å². The lowest BCUT2D eigenvalue weighted by Crippen LogP contribution is -2.54. The van der Waals surface area contributed by atoms with Crippen LogP contribution >= 0.6 is 11.3 Å². The Hall–Kier alpha value is -1.91. The number of hydrogen-bond acceptors (Lipinski definition) is 7. The third-order valence-corrected chi connectivity index (χ3v) is 5.37. The molecule has 1 aromatic rings. The van der Waals surface area contributed by atoms with E-state index in [-0.39, 0.29) is 5.91 Å². The number of nitrogens with zero attached hydrogens (tertiary/aromatic N) is 5. The van der Waals surface area contributed by atoms with Crippen molar-refractivity contribution < 1.29 is 9.53 Å². The fourth-order valence-electron chi connectivity index (χ4n) is 2.83. The molecule has 28 heavy (non-hydrogen) atoms. The van der Waals surface area contributed by atoms with Crippen molar-refractivity contribution in [1.29, 1.82) is 0 Å². The van der Waals surface area contributed by atoms with Crippen molar-refractivity contribution in [3.8, 4) is 0 Å². The van der Waals surface area contributed by atoms with E-state index in [4.69, 9.17) is 9.73 Å². The molecule has 1 saturated heterocycles. The monoisotopic (exact) mass is 411 g/mol. The lowest BCUT2D eigenvalue weighted by Gasteiger charge is -2.36. The van der Waals surface area contributed by atoms with Crippen LogP contribution in [0.5, 0.6) is 0 Å². The van der Waals surface area contributed by atoms with Crippen LogP contribution in [0.25, 0.3) is 0 Å². The molecule has 0 bridgehead atoms. The summed E-state index contributed by atoms with van der Waals surface area (Å²) in [5.74, 6) is 0.956. The minimum absolute atomic E-state index is 0.0475. The molecule has 0 unspecified atom stereocenters. The Bertz CT molecular complexity index is 627. The highest BCUT2D eigenvalue weighted by atomic mass is 32.1. The van der Waals surface area contributed by atoms with Gasteiger partial charge in [0.05, 0.1) is 25.4 Å². The van der Waals surface area contributed by atoms with Gasteiger partial charge in [-0.05, 0) is 6.92 Å². The standard InChI is InChI=1S/C18H33N7O2S/c1-5-19-17(21-12-15-14-28-18(22-15)23(2)3)25-9-7-24(8-10-25)13-16(26)20-6-11-27-4/h14H,5-13H2,1-4H3,(H,19,21)(H,20,26). The van der Waals surface area contributed by atoms with Gasteiger partial charge in [-0.15, -0.1) is 11.3 Å². The minimum Gasteiger partial charge on any atom is -0.383 e. The van der Waals surface area contributed by atoms with E-state index in [1.165, 1.54) is 0 Å². The maximum atomic E-state index is 11.9. The van der Waals surface area contributed by atoms with E-state index < -0.39 is 0 Å². The van der Waals surface area contributed by atoms with E-state index in [2.05, 4.69) is 37.7 Å². The SMILES string of the molecule is CCNC(=NCc1csc(N(C)C)n1)N1CCN(CC(=O)NCCOC)CC1. The number of rotatable bonds is 9. The predicted octanol–water partition coefficient (Wildman–Crippen LogP) is 0.0548. The summed E-state index contributed by atoms with van der Waals surface area (Å²) >= 11 is 1.63. The van der Waals surface area contributed by atoms with E-state index >= 15 is 0 Å². The van der Waals surface area contributed by atoms with Crippen molar-refractivity contribution in [2.24, 2.45) is 4.99 Å².